The third-order valence-corrected chi connectivity index (χ3v) is 6.75. The molecule has 1 atom stereocenters. The van der Waals surface area contributed by atoms with E-state index in [2.05, 4.69) is 10.6 Å². The smallest absolute Gasteiger partial charge is 0.291 e. The van der Waals surface area contributed by atoms with Gasteiger partial charge >= 0.3 is 0 Å². The predicted molar refractivity (Wildman–Crippen MR) is 132 cm³/mol. The molecule has 3 heterocycles. The second-order valence-corrected chi connectivity index (χ2v) is 9.08. The van der Waals surface area contributed by atoms with Crippen LogP contribution in [0.5, 0.6) is 0 Å². The Bertz CT molecular complexity index is 1320. The molecular weight excluding hydrogens is 460 g/mol. The van der Waals surface area contributed by atoms with Crippen LogP contribution in [0.15, 0.2) is 71.3 Å². The molecule has 2 aromatic carbocycles. The van der Waals surface area contributed by atoms with Crippen molar-refractivity contribution in [3.63, 3.8) is 0 Å². The number of carbonyl (C=O) groups is 4. The number of carbonyl (C=O) groups excluding carboxylic acids is 4. The van der Waals surface area contributed by atoms with Gasteiger partial charge in [-0.2, -0.15) is 0 Å². The van der Waals surface area contributed by atoms with Gasteiger partial charge in [0.15, 0.2) is 5.76 Å². The van der Waals surface area contributed by atoms with Gasteiger partial charge in [0.05, 0.1) is 17.5 Å². The van der Waals surface area contributed by atoms with Crippen molar-refractivity contribution in [1.82, 2.24) is 10.2 Å². The lowest BCUT2D eigenvalue weighted by Gasteiger charge is -2.48. The van der Waals surface area contributed by atoms with Crippen LogP contribution in [0, 0.1) is 0 Å². The Morgan fingerprint density at radius 1 is 1.03 bits per heavy atom. The van der Waals surface area contributed by atoms with Gasteiger partial charge in [0.2, 0.25) is 11.8 Å². The van der Waals surface area contributed by atoms with Crippen LogP contribution in [0.4, 0.5) is 11.4 Å². The summed E-state index contributed by atoms with van der Waals surface area (Å²) in [5, 5.41) is 5.62. The Balaban J connectivity index is 1.17. The van der Waals surface area contributed by atoms with Crippen LogP contribution in [-0.2, 0) is 16.1 Å². The Morgan fingerprint density at radius 3 is 2.56 bits per heavy atom. The third kappa shape index (κ3) is 4.24. The molecule has 1 saturated heterocycles. The summed E-state index contributed by atoms with van der Waals surface area (Å²) in [7, 11) is 0. The summed E-state index contributed by atoms with van der Waals surface area (Å²) in [6.45, 7) is 2.40. The van der Waals surface area contributed by atoms with Crippen LogP contribution in [-0.4, -0.2) is 40.7 Å². The van der Waals surface area contributed by atoms with Gasteiger partial charge in [0, 0.05) is 31.6 Å². The van der Waals surface area contributed by atoms with Gasteiger partial charge in [-0.25, -0.2) is 0 Å². The normalized spacial score (nSPS) is 18.6. The zero-order chi connectivity index (χ0) is 25.3. The van der Waals surface area contributed by atoms with Gasteiger partial charge in [-0.15, -0.1) is 0 Å². The Kier molecular flexibility index (Phi) is 6.05. The summed E-state index contributed by atoms with van der Waals surface area (Å²) in [4.78, 5) is 54.0. The number of para-hydroxylation sites is 1. The minimum Gasteiger partial charge on any atom is -0.459 e. The summed E-state index contributed by atoms with van der Waals surface area (Å²) in [5.41, 5.74) is 1.81. The summed E-state index contributed by atoms with van der Waals surface area (Å²) in [6, 6.07) is 17.5. The van der Waals surface area contributed by atoms with Gasteiger partial charge in [-0.05, 0) is 55.3 Å². The molecule has 0 radical (unpaired) electrons. The minimum atomic E-state index is -0.779. The number of nitrogens with one attached hydrogen (secondary N) is 2. The van der Waals surface area contributed by atoms with Crippen molar-refractivity contribution in [3.8, 4) is 0 Å². The van der Waals surface area contributed by atoms with Gasteiger partial charge in [-0.3, -0.25) is 24.1 Å². The molecule has 0 aliphatic carbocycles. The quantitative estimate of drug-likeness (QED) is 0.531. The summed E-state index contributed by atoms with van der Waals surface area (Å²) >= 11 is 0. The van der Waals surface area contributed by atoms with Gasteiger partial charge in [0.1, 0.15) is 5.66 Å². The van der Waals surface area contributed by atoms with Gasteiger partial charge < -0.3 is 20.0 Å². The fourth-order valence-corrected chi connectivity index (χ4v) is 4.85. The summed E-state index contributed by atoms with van der Waals surface area (Å²) in [6.07, 6.45) is 2.43. The number of rotatable bonds is 7. The molecule has 9 nitrogen and oxygen atoms in total. The fraction of sp³-hybridized carbons (Fsp3) is 0.259. The minimum absolute atomic E-state index is 0.0179. The highest BCUT2D eigenvalue weighted by molar-refractivity contribution is 6.10. The van der Waals surface area contributed by atoms with Crippen LogP contribution in [0.3, 0.4) is 0 Å². The van der Waals surface area contributed by atoms with E-state index in [1.807, 2.05) is 25.1 Å². The number of fused-ring (bicyclic) bond motifs is 3. The van der Waals surface area contributed by atoms with E-state index in [1.54, 1.807) is 52.3 Å². The molecule has 0 saturated carbocycles. The van der Waals surface area contributed by atoms with Crippen LogP contribution in [0.25, 0.3) is 0 Å². The van der Waals surface area contributed by atoms with E-state index in [-0.39, 0.29) is 42.4 Å². The number of benzene rings is 2. The molecule has 1 fully saturated rings. The number of hydrogen-bond acceptors (Lipinski definition) is 5. The maximum absolute atomic E-state index is 13.3. The van der Waals surface area contributed by atoms with Crippen molar-refractivity contribution in [2.75, 3.05) is 16.8 Å². The van der Waals surface area contributed by atoms with E-state index in [1.165, 1.54) is 6.26 Å². The monoisotopic (exact) mass is 486 g/mol. The molecule has 5 rings (SSSR count). The second-order valence-electron chi connectivity index (χ2n) is 9.08. The molecule has 0 bridgehead atoms. The predicted octanol–water partition coefficient (Wildman–Crippen LogP) is 3.54. The van der Waals surface area contributed by atoms with Crippen molar-refractivity contribution in [3.05, 3.63) is 83.8 Å². The molecule has 9 heteroatoms. The number of amides is 4. The number of anilines is 2. The van der Waals surface area contributed by atoms with E-state index < -0.39 is 5.66 Å². The molecule has 1 aromatic heterocycles. The molecule has 3 aromatic rings. The largest absolute Gasteiger partial charge is 0.459 e. The van der Waals surface area contributed by atoms with Crippen molar-refractivity contribution in [2.24, 2.45) is 0 Å². The standard InChI is InChI=1S/C27H26N4O5/c1-27-14-12-24(33)31(27)21-6-3-2-5-20(21)26(35)30(27)15-13-23(32)28-17-18-8-10-19(11-9-18)29-25(34)22-7-4-16-36-22/h2-11,16H,12-15,17H2,1H3,(H,28,32)(H,29,34). The van der Waals surface area contributed by atoms with Crippen molar-refractivity contribution in [2.45, 2.75) is 38.4 Å². The lowest BCUT2D eigenvalue weighted by Crippen LogP contribution is -2.62. The molecule has 4 amide bonds. The summed E-state index contributed by atoms with van der Waals surface area (Å²) in [5.74, 6) is -0.501. The molecule has 184 valence electrons. The average Bonchev–Trinajstić information content (AvgIpc) is 3.52. The molecule has 2 aliphatic heterocycles. The van der Waals surface area contributed by atoms with E-state index >= 15 is 0 Å². The maximum Gasteiger partial charge on any atom is 0.291 e. The topological polar surface area (TPSA) is 112 Å². The fourth-order valence-electron chi connectivity index (χ4n) is 4.85. The van der Waals surface area contributed by atoms with Crippen LogP contribution < -0.4 is 15.5 Å². The van der Waals surface area contributed by atoms with Crippen molar-refractivity contribution >= 4 is 35.0 Å². The zero-order valence-electron chi connectivity index (χ0n) is 19.8. The van der Waals surface area contributed by atoms with Crippen molar-refractivity contribution < 1.29 is 23.6 Å². The Hall–Kier alpha value is -4.40. The van der Waals surface area contributed by atoms with Gasteiger partial charge in [-0.1, -0.05) is 24.3 Å². The molecule has 36 heavy (non-hydrogen) atoms. The molecule has 2 aliphatic rings. The molecule has 2 N–H and O–H groups in total. The van der Waals surface area contributed by atoms with Crippen LogP contribution in [0.1, 0.15) is 52.7 Å². The second kappa shape index (κ2) is 9.33. The highest BCUT2D eigenvalue weighted by Crippen LogP contribution is 2.43. The first-order valence-electron chi connectivity index (χ1n) is 11.8. The van der Waals surface area contributed by atoms with E-state index in [4.69, 9.17) is 4.42 Å². The highest BCUT2D eigenvalue weighted by Gasteiger charge is 2.52. The number of nitrogens with zero attached hydrogens (tertiary/aromatic N) is 2. The van der Waals surface area contributed by atoms with E-state index in [0.29, 0.717) is 36.3 Å². The Labute approximate surface area is 208 Å². The van der Waals surface area contributed by atoms with Gasteiger partial charge in [0.25, 0.3) is 11.8 Å². The first kappa shape index (κ1) is 23.3. The Morgan fingerprint density at radius 2 is 1.81 bits per heavy atom. The van der Waals surface area contributed by atoms with E-state index in [9.17, 15) is 19.2 Å². The average molecular weight is 487 g/mol. The first-order chi connectivity index (χ1) is 17.4. The van der Waals surface area contributed by atoms with E-state index in [0.717, 1.165) is 5.56 Å². The SMILES string of the molecule is CC12CCC(=O)N1c1ccccc1C(=O)N2CCC(=O)NCc1ccc(NC(=O)c2ccco2)cc1. The molecule has 0 spiro atoms. The summed E-state index contributed by atoms with van der Waals surface area (Å²) < 4.78 is 5.08. The van der Waals surface area contributed by atoms with Crippen LogP contribution in [0.2, 0.25) is 0 Å². The zero-order valence-corrected chi connectivity index (χ0v) is 19.8. The lowest BCUT2D eigenvalue weighted by atomic mass is 9.98. The maximum atomic E-state index is 13.3. The van der Waals surface area contributed by atoms with Crippen LogP contribution >= 0.6 is 0 Å². The van der Waals surface area contributed by atoms with Crippen molar-refractivity contribution in [1.29, 1.82) is 0 Å². The third-order valence-electron chi connectivity index (χ3n) is 6.75. The number of furan rings is 1. The lowest BCUT2D eigenvalue weighted by molar-refractivity contribution is -0.121. The molecular formula is C27H26N4O5. The first-order valence-corrected chi connectivity index (χ1v) is 11.8. The molecule has 1 unspecified atom stereocenters. The highest BCUT2D eigenvalue weighted by atomic mass is 16.3. The number of hydrogen-bond donors (Lipinski definition) is 2.